The van der Waals surface area contributed by atoms with Gasteiger partial charge >= 0.3 is 0 Å². The third-order valence-electron chi connectivity index (χ3n) is 2.75. The fraction of sp³-hybridized carbons (Fsp3) is 0. The van der Waals surface area contributed by atoms with Crippen LogP contribution < -0.4 is 11.1 Å². The van der Waals surface area contributed by atoms with Crippen molar-refractivity contribution in [1.29, 1.82) is 0 Å². The zero-order chi connectivity index (χ0) is 13.9. The molecule has 6 heteroatoms. The van der Waals surface area contributed by atoms with Gasteiger partial charge in [-0.1, -0.05) is 30.4 Å². The zero-order valence-electron chi connectivity index (χ0n) is 10.4. The molecule has 0 aliphatic carbocycles. The Hall–Kier alpha value is -2.60. The molecule has 2 heterocycles. The van der Waals surface area contributed by atoms with Crippen LogP contribution in [-0.4, -0.2) is 19.9 Å². The summed E-state index contributed by atoms with van der Waals surface area (Å²) in [6.07, 6.45) is 3.34. The molecule has 5 nitrogen and oxygen atoms in total. The summed E-state index contributed by atoms with van der Waals surface area (Å²) in [5.74, 6) is 0.437. The lowest BCUT2D eigenvalue weighted by molar-refractivity contribution is 1.15. The number of pyridine rings is 1. The second kappa shape index (κ2) is 5.18. The van der Waals surface area contributed by atoms with Gasteiger partial charge in [0.15, 0.2) is 0 Å². The summed E-state index contributed by atoms with van der Waals surface area (Å²) in [5, 5.41) is 4.14. The van der Waals surface area contributed by atoms with Gasteiger partial charge in [-0.15, -0.1) is 0 Å². The van der Waals surface area contributed by atoms with Crippen LogP contribution in [0, 0.1) is 0 Å². The van der Waals surface area contributed by atoms with Gasteiger partial charge < -0.3 is 11.1 Å². The van der Waals surface area contributed by atoms with Crippen molar-refractivity contribution in [2.24, 2.45) is 5.73 Å². The van der Waals surface area contributed by atoms with Gasteiger partial charge in [0.1, 0.15) is 10.7 Å². The van der Waals surface area contributed by atoms with E-state index in [1.54, 1.807) is 18.5 Å². The van der Waals surface area contributed by atoms with Gasteiger partial charge in [-0.2, -0.15) is 0 Å². The van der Waals surface area contributed by atoms with Crippen molar-refractivity contribution in [1.82, 2.24) is 15.0 Å². The summed E-state index contributed by atoms with van der Waals surface area (Å²) in [4.78, 5) is 13.0. The quantitative estimate of drug-likeness (QED) is 0.718. The number of para-hydroxylation sites is 1. The Balaban J connectivity index is 1.92. The smallest absolute Gasteiger partial charge is 0.227 e. The molecule has 3 rings (SSSR count). The van der Waals surface area contributed by atoms with Crippen LogP contribution in [-0.2, 0) is 0 Å². The standard InChI is InChI=1S/C14H11N5S/c15-13(20)12-5-6-16-14(19-12)18-10-7-9-3-1-2-4-11(9)17-8-10/h1-8H,(H2,15,20)(H,16,18,19). The van der Waals surface area contributed by atoms with E-state index >= 15 is 0 Å². The normalized spacial score (nSPS) is 10.4. The molecule has 2 aromatic heterocycles. The highest BCUT2D eigenvalue weighted by molar-refractivity contribution is 7.80. The van der Waals surface area contributed by atoms with E-state index in [4.69, 9.17) is 18.0 Å². The number of thiocarbonyl (C=S) groups is 1. The van der Waals surface area contributed by atoms with E-state index in [0.717, 1.165) is 16.6 Å². The van der Waals surface area contributed by atoms with Gasteiger partial charge in [0.05, 0.1) is 17.4 Å². The second-order valence-electron chi connectivity index (χ2n) is 4.17. The number of hydrogen-bond acceptors (Lipinski definition) is 5. The molecule has 0 fully saturated rings. The summed E-state index contributed by atoms with van der Waals surface area (Å²) < 4.78 is 0. The number of nitrogens with one attached hydrogen (secondary N) is 1. The Labute approximate surface area is 120 Å². The van der Waals surface area contributed by atoms with Crippen molar-refractivity contribution >= 4 is 39.7 Å². The van der Waals surface area contributed by atoms with Crippen LogP contribution in [0.4, 0.5) is 11.6 Å². The van der Waals surface area contributed by atoms with Crippen molar-refractivity contribution in [3.63, 3.8) is 0 Å². The maximum absolute atomic E-state index is 5.55. The molecule has 1 aromatic carbocycles. The van der Waals surface area contributed by atoms with Crippen LogP contribution in [0.1, 0.15) is 5.69 Å². The predicted octanol–water partition coefficient (Wildman–Crippen LogP) is 2.40. The number of nitrogens with two attached hydrogens (primary N) is 1. The molecule has 98 valence electrons. The monoisotopic (exact) mass is 281 g/mol. The number of benzene rings is 1. The van der Waals surface area contributed by atoms with Crippen molar-refractivity contribution in [3.05, 3.63) is 54.5 Å². The van der Waals surface area contributed by atoms with Gasteiger partial charge in [0.2, 0.25) is 5.95 Å². The van der Waals surface area contributed by atoms with E-state index in [1.165, 1.54) is 0 Å². The lowest BCUT2D eigenvalue weighted by Gasteiger charge is -2.06. The number of rotatable bonds is 3. The number of aromatic nitrogens is 3. The summed E-state index contributed by atoms with van der Waals surface area (Å²) in [6, 6.07) is 11.5. The molecule has 0 amide bonds. The van der Waals surface area contributed by atoms with Crippen LogP contribution in [0.2, 0.25) is 0 Å². The molecular formula is C14H11N5S. The molecule has 0 atom stereocenters. The highest BCUT2D eigenvalue weighted by atomic mass is 32.1. The number of anilines is 2. The van der Waals surface area contributed by atoms with Crippen LogP contribution in [0.3, 0.4) is 0 Å². The van der Waals surface area contributed by atoms with E-state index < -0.39 is 0 Å². The first-order valence-corrected chi connectivity index (χ1v) is 6.38. The van der Waals surface area contributed by atoms with E-state index in [2.05, 4.69) is 20.3 Å². The van der Waals surface area contributed by atoms with Gasteiger partial charge in [0, 0.05) is 11.6 Å². The van der Waals surface area contributed by atoms with Crippen LogP contribution >= 0.6 is 12.2 Å². The zero-order valence-corrected chi connectivity index (χ0v) is 11.3. The minimum absolute atomic E-state index is 0.243. The first-order chi connectivity index (χ1) is 9.72. The Morgan fingerprint density at radius 1 is 1.15 bits per heavy atom. The molecule has 0 saturated carbocycles. The van der Waals surface area contributed by atoms with Crippen molar-refractivity contribution in [2.75, 3.05) is 5.32 Å². The van der Waals surface area contributed by atoms with Gasteiger partial charge in [-0.25, -0.2) is 9.97 Å². The molecule has 0 aliphatic heterocycles. The first-order valence-electron chi connectivity index (χ1n) is 5.97. The topological polar surface area (TPSA) is 76.7 Å². The number of fused-ring (bicyclic) bond motifs is 1. The third kappa shape index (κ3) is 2.55. The Morgan fingerprint density at radius 2 is 2.00 bits per heavy atom. The number of hydrogen-bond donors (Lipinski definition) is 2. The van der Waals surface area contributed by atoms with Crippen LogP contribution in [0.15, 0.2) is 48.8 Å². The van der Waals surface area contributed by atoms with Crippen molar-refractivity contribution < 1.29 is 0 Å². The summed E-state index contributed by atoms with van der Waals surface area (Å²) >= 11 is 4.90. The van der Waals surface area contributed by atoms with Gasteiger partial charge in [-0.3, -0.25) is 4.98 Å². The lowest BCUT2D eigenvalue weighted by atomic mass is 10.2. The highest BCUT2D eigenvalue weighted by Crippen LogP contribution is 2.18. The van der Waals surface area contributed by atoms with Crippen molar-refractivity contribution in [3.8, 4) is 0 Å². The minimum Gasteiger partial charge on any atom is -0.388 e. The fourth-order valence-corrected chi connectivity index (χ4v) is 1.94. The van der Waals surface area contributed by atoms with Crippen LogP contribution in [0.25, 0.3) is 10.9 Å². The average molecular weight is 281 g/mol. The van der Waals surface area contributed by atoms with Crippen LogP contribution in [0.5, 0.6) is 0 Å². The van der Waals surface area contributed by atoms with Gasteiger partial charge in [-0.05, 0) is 18.2 Å². The third-order valence-corrected chi connectivity index (χ3v) is 2.96. The number of nitrogens with zero attached hydrogens (tertiary/aromatic N) is 3. The largest absolute Gasteiger partial charge is 0.388 e. The summed E-state index contributed by atoms with van der Waals surface area (Å²) in [7, 11) is 0. The maximum Gasteiger partial charge on any atom is 0.227 e. The maximum atomic E-state index is 5.55. The van der Waals surface area contributed by atoms with E-state index in [0.29, 0.717) is 11.6 Å². The van der Waals surface area contributed by atoms with Gasteiger partial charge in [0.25, 0.3) is 0 Å². The summed E-state index contributed by atoms with van der Waals surface area (Å²) in [6.45, 7) is 0. The Morgan fingerprint density at radius 3 is 2.85 bits per heavy atom. The SMILES string of the molecule is NC(=S)c1ccnc(Nc2cnc3ccccc3c2)n1. The van der Waals surface area contributed by atoms with Crippen molar-refractivity contribution in [2.45, 2.75) is 0 Å². The molecule has 0 aliphatic rings. The minimum atomic E-state index is 0.243. The molecule has 0 unspecified atom stereocenters. The average Bonchev–Trinajstić information content (AvgIpc) is 2.47. The van der Waals surface area contributed by atoms with E-state index in [1.807, 2.05) is 30.3 Å². The Kier molecular flexibility index (Phi) is 3.22. The molecule has 0 bridgehead atoms. The molecule has 0 spiro atoms. The first kappa shape index (κ1) is 12.4. The summed E-state index contributed by atoms with van der Waals surface area (Å²) in [5.41, 5.74) is 7.83. The van der Waals surface area contributed by atoms with E-state index in [-0.39, 0.29) is 4.99 Å². The molecule has 20 heavy (non-hydrogen) atoms. The van der Waals surface area contributed by atoms with E-state index in [9.17, 15) is 0 Å². The fourth-order valence-electron chi connectivity index (χ4n) is 1.82. The molecular weight excluding hydrogens is 270 g/mol. The molecule has 0 saturated heterocycles. The molecule has 0 radical (unpaired) electrons. The molecule has 3 N–H and O–H groups in total. The predicted molar refractivity (Wildman–Crippen MR) is 82.9 cm³/mol. The molecule has 3 aromatic rings. The second-order valence-corrected chi connectivity index (χ2v) is 4.61. The highest BCUT2D eigenvalue weighted by Gasteiger charge is 2.03. The Bertz CT molecular complexity index is 787. The lowest BCUT2D eigenvalue weighted by Crippen LogP contribution is -2.12.